The van der Waals surface area contributed by atoms with Gasteiger partial charge in [0, 0.05) is 37.9 Å². The zero-order valence-corrected chi connectivity index (χ0v) is 18.9. The van der Waals surface area contributed by atoms with Crippen LogP contribution in [0.1, 0.15) is 30.3 Å². The lowest BCUT2D eigenvalue weighted by Crippen LogP contribution is -2.33. The fourth-order valence-corrected chi connectivity index (χ4v) is 4.03. The number of carboxylic acid groups (broad SMARTS) is 1. The molecule has 3 aromatic rings. The minimum atomic E-state index is -0.907. The Hall–Kier alpha value is -4.01. The third kappa shape index (κ3) is 5.48. The van der Waals surface area contributed by atoms with Crippen LogP contribution < -0.4 is 4.90 Å². The number of hydrogen-bond donors (Lipinski definition) is 2. The monoisotopic (exact) mass is 462 g/mol. The van der Waals surface area contributed by atoms with E-state index >= 15 is 0 Å². The first-order valence-corrected chi connectivity index (χ1v) is 11.2. The van der Waals surface area contributed by atoms with E-state index in [1.165, 1.54) is 22.9 Å². The fraction of sp³-hybridized carbons (Fsp3) is 0.280. The summed E-state index contributed by atoms with van der Waals surface area (Å²) >= 11 is 0. The van der Waals surface area contributed by atoms with Crippen molar-refractivity contribution < 1.29 is 14.3 Å². The zero-order valence-electron chi connectivity index (χ0n) is 18.9. The first-order valence-electron chi connectivity index (χ1n) is 11.2. The van der Waals surface area contributed by atoms with Crippen LogP contribution in [0.2, 0.25) is 0 Å². The van der Waals surface area contributed by atoms with Crippen LogP contribution in [0, 0.1) is 12.7 Å². The summed E-state index contributed by atoms with van der Waals surface area (Å²) in [6.45, 7) is 4.41. The number of aryl methyl sites for hydroxylation is 1. The van der Waals surface area contributed by atoms with Gasteiger partial charge in [0.05, 0.1) is 16.9 Å². The van der Waals surface area contributed by atoms with Gasteiger partial charge < -0.3 is 10.0 Å². The van der Waals surface area contributed by atoms with Gasteiger partial charge in [-0.2, -0.15) is 5.10 Å². The van der Waals surface area contributed by atoms with Crippen molar-refractivity contribution >= 4 is 11.8 Å². The predicted molar refractivity (Wildman–Crippen MR) is 128 cm³/mol. The Morgan fingerprint density at radius 2 is 1.94 bits per heavy atom. The lowest BCUT2D eigenvalue weighted by molar-refractivity contribution is 0.166. The molecule has 0 spiro atoms. The molecule has 5 rings (SSSR count). The summed E-state index contributed by atoms with van der Waals surface area (Å²) < 4.78 is 13.9. The molecule has 0 atom stereocenters. The number of piperidine rings is 1. The second-order valence-corrected chi connectivity index (χ2v) is 8.10. The zero-order chi connectivity index (χ0) is 23.9. The Labute approximate surface area is 197 Å². The summed E-state index contributed by atoms with van der Waals surface area (Å²) in [6.07, 6.45) is 9.72. The molecular weight excluding hydrogens is 435 g/mol. The van der Waals surface area contributed by atoms with Gasteiger partial charge in [0.15, 0.2) is 5.82 Å². The molecule has 0 saturated carbocycles. The smallest absolute Gasteiger partial charge is 0.411 e. The summed E-state index contributed by atoms with van der Waals surface area (Å²) in [4.78, 5) is 22.7. The number of aromatic amines is 1. The predicted octanol–water partition coefficient (Wildman–Crippen LogP) is 4.75. The molecule has 4 heterocycles. The van der Waals surface area contributed by atoms with Gasteiger partial charge in [-0.25, -0.2) is 14.2 Å². The van der Waals surface area contributed by atoms with Crippen LogP contribution in [-0.4, -0.2) is 55.9 Å². The standard InChI is InChI=1S/C19H20FN5.C6H7NO2/c1-13-17(7-4-10-21-13)25-11-8-14(9-12-25)18-22-19(24-23-18)15-5-2-3-6-16(15)20;8-6(9)7-4-2-1-3-5-7/h2-7,10,14H,8-9,11-12H2,1H3,(H,22,23,24);1-4H,5H2,(H,8,9). The molecule has 1 fully saturated rings. The van der Waals surface area contributed by atoms with Gasteiger partial charge in [-0.05, 0) is 50.1 Å². The summed E-state index contributed by atoms with van der Waals surface area (Å²) in [7, 11) is 0. The molecule has 34 heavy (non-hydrogen) atoms. The van der Waals surface area contributed by atoms with Gasteiger partial charge in [-0.3, -0.25) is 15.0 Å². The Balaban J connectivity index is 0.000000257. The Bertz CT molecular complexity index is 1180. The Kier molecular flexibility index (Phi) is 7.31. The number of benzene rings is 1. The van der Waals surface area contributed by atoms with E-state index in [0.717, 1.165) is 37.4 Å². The molecule has 0 radical (unpaired) electrons. The van der Waals surface area contributed by atoms with E-state index in [1.54, 1.807) is 30.4 Å². The first kappa shape index (κ1) is 23.2. The van der Waals surface area contributed by atoms with Gasteiger partial charge in [0.2, 0.25) is 0 Å². The average Bonchev–Trinajstić information content (AvgIpc) is 3.36. The highest BCUT2D eigenvalue weighted by molar-refractivity contribution is 5.67. The number of nitrogens with one attached hydrogen (secondary N) is 1. The number of halogens is 1. The van der Waals surface area contributed by atoms with Crippen LogP contribution in [0.4, 0.5) is 14.9 Å². The fourth-order valence-electron chi connectivity index (χ4n) is 4.03. The Morgan fingerprint density at radius 3 is 2.59 bits per heavy atom. The molecule has 0 aliphatic carbocycles. The number of allylic oxidation sites excluding steroid dienone is 2. The topological polar surface area (TPSA) is 98.2 Å². The number of carbonyl (C=O) groups is 1. The molecule has 0 bridgehead atoms. The number of hydrogen-bond acceptors (Lipinski definition) is 5. The number of pyridine rings is 1. The van der Waals surface area contributed by atoms with Crippen molar-refractivity contribution in [1.29, 1.82) is 0 Å². The molecule has 1 saturated heterocycles. The van der Waals surface area contributed by atoms with Crippen LogP contribution >= 0.6 is 0 Å². The molecule has 9 heteroatoms. The maximum atomic E-state index is 13.9. The van der Waals surface area contributed by atoms with Gasteiger partial charge in [0.1, 0.15) is 11.6 Å². The molecule has 1 amide bonds. The van der Waals surface area contributed by atoms with Crippen LogP contribution in [0.5, 0.6) is 0 Å². The van der Waals surface area contributed by atoms with Crippen LogP contribution in [0.3, 0.4) is 0 Å². The maximum absolute atomic E-state index is 13.9. The second kappa shape index (κ2) is 10.7. The van der Waals surface area contributed by atoms with E-state index in [2.05, 4.69) is 31.1 Å². The van der Waals surface area contributed by atoms with Gasteiger partial charge in [-0.15, -0.1) is 0 Å². The number of nitrogens with zero attached hydrogens (tertiary/aromatic N) is 5. The molecule has 176 valence electrons. The van der Waals surface area contributed by atoms with Crippen molar-refractivity contribution in [2.45, 2.75) is 25.7 Å². The number of amides is 1. The normalized spacial score (nSPS) is 15.7. The molecule has 0 unspecified atom stereocenters. The molecule has 2 aromatic heterocycles. The SMILES string of the molecule is Cc1ncccc1N1CCC(c2nc(-c3ccccc3F)n[nH]2)CC1.O=C(O)N1C=CC=CC1. The van der Waals surface area contributed by atoms with E-state index < -0.39 is 6.09 Å². The van der Waals surface area contributed by atoms with E-state index in [4.69, 9.17) is 5.11 Å². The molecule has 2 N–H and O–H groups in total. The lowest BCUT2D eigenvalue weighted by atomic mass is 9.95. The first-order chi connectivity index (χ1) is 16.5. The minimum Gasteiger partial charge on any atom is -0.465 e. The van der Waals surface area contributed by atoms with Gasteiger partial charge >= 0.3 is 6.09 Å². The highest BCUT2D eigenvalue weighted by atomic mass is 19.1. The van der Waals surface area contributed by atoms with Crippen LogP contribution in [-0.2, 0) is 0 Å². The molecule has 8 nitrogen and oxygen atoms in total. The highest BCUT2D eigenvalue weighted by Crippen LogP contribution is 2.30. The molecule has 2 aliphatic heterocycles. The number of H-pyrrole nitrogens is 1. The summed E-state index contributed by atoms with van der Waals surface area (Å²) in [5.41, 5.74) is 2.70. The van der Waals surface area contributed by atoms with E-state index in [-0.39, 0.29) is 5.82 Å². The summed E-state index contributed by atoms with van der Waals surface area (Å²) in [6, 6.07) is 10.7. The van der Waals surface area contributed by atoms with Gasteiger partial charge in [0.25, 0.3) is 0 Å². The third-order valence-corrected chi connectivity index (χ3v) is 5.88. The van der Waals surface area contributed by atoms with Crippen molar-refractivity contribution in [3.63, 3.8) is 0 Å². The molecular formula is C25H27FN6O2. The molecule has 2 aliphatic rings. The van der Waals surface area contributed by atoms with Crippen molar-refractivity contribution in [2.24, 2.45) is 0 Å². The molecule has 1 aromatic carbocycles. The van der Waals surface area contributed by atoms with E-state index in [1.807, 2.05) is 25.3 Å². The third-order valence-electron chi connectivity index (χ3n) is 5.88. The maximum Gasteiger partial charge on any atom is 0.411 e. The van der Waals surface area contributed by atoms with E-state index in [0.29, 0.717) is 23.9 Å². The van der Waals surface area contributed by atoms with Crippen molar-refractivity contribution in [3.8, 4) is 11.4 Å². The number of aromatic nitrogens is 4. The van der Waals surface area contributed by atoms with Crippen molar-refractivity contribution in [1.82, 2.24) is 25.1 Å². The summed E-state index contributed by atoms with van der Waals surface area (Å²) in [5.74, 6) is 1.30. The minimum absolute atomic E-state index is 0.296. The second-order valence-electron chi connectivity index (χ2n) is 8.10. The quantitative estimate of drug-likeness (QED) is 0.583. The number of rotatable bonds is 3. The van der Waals surface area contributed by atoms with Crippen LogP contribution in [0.15, 0.2) is 67.0 Å². The Morgan fingerprint density at radius 1 is 1.15 bits per heavy atom. The average molecular weight is 463 g/mol. The van der Waals surface area contributed by atoms with Gasteiger partial charge in [-0.1, -0.05) is 24.3 Å². The van der Waals surface area contributed by atoms with Crippen molar-refractivity contribution in [3.05, 3.63) is 84.4 Å². The lowest BCUT2D eigenvalue weighted by Gasteiger charge is -2.33. The number of anilines is 1. The largest absolute Gasteiger partial charge is 0.465 e. The van der Waals surface area contributed by atoms with Crippen molar-refractivity contribution in [2.75, 3.05) is 24.5 Å². The van der Waals surface area contributed by atoms with Crippen LogP contribution in [0.25, 0.3) is 11.4 Å². The van der Waals surface area contributed by atoms with E-state index in [9.17, 15) is 9.18 Å². The summed E-state index contributed by atoms with van der Waals surface area (Å²) in [5, 5.41) is 15.6. The highest BCUT2D eigenvalue weighted by Gasteiger charge is 2.25.